The first kappa shape index (κ1) is 24.5. The van der Waals surface area contributed by atoms with Gasteiger partial charge in [-0.3, -0.25) is 14.2 Å². The lowest BCUT2D eigenvalue weighted by Gasteiger charge is -2.13. The van der Waals surface area contributed by atoms with Crippen molar-refractivity contribution < 1.29 is 29.3 Å². The van der Waals surface area contributed by atoms with Crippen molar-refractivity contribution in [2.45, 2.75) is 26.5 Å². The minimum atomic E-state index is -0.772. The number of azo groups is 1. The maximum atomic E-state index is 12.6. The number of aromatic hydroxyl groups is 2. The molecule has 0 aliphatic heterocycles. The highest BCUT2D eigenvalue weighted by atomic mass is 16.5. The van der Waals surface area contributed by atoms with Crippen LogP contribution in [-0.2, 0) is 6.54 Å². The first-order valence-electron chi connectivity index (χ1n) is 11.2. The minimum Gasteiger partial charge on any atom is -0.494 e. The van der Waals surface area contributed by atoms with Gasteiger partial charge >= 0.3 is 0 Å². The summed E-state index contributed by atoms with van der Waals surface area (Å²) in [6, 6.07) is 18.3. The summed E-state index contributed by atoms with van der Waals surface area (Å²) in [5.74, 6) is -0.977. The van der Waals surface area contributed by atoms with Gasteiger partial charge in [-0.25, -0.2) is 0 Å². The van der Waals surface area contributed by atoms with E-state index in [1.54, 1.807) is 6.07 Å². The van der Waals surface area contributed by atoms with E-state index in [-0.39, 0.29) is 40.9 Å². The van der Waals surface area contributed by atoms with Crippen molar-refractivity contribution in [3.05, 3.63) is 83.4 Å². The van der Waals surface area contributed by atoms with Crippen LogP contribution in [-0.4, -0.2) is 39.8 Å². The third-order valence-electron chi connectivity index (χ3n) is 5.45. The molecular weight excluding hydrogens is 462 g/mol. The van der Waals surface area contributed by atoms with Crippen LogP contribution in [0.5, 0.6) is 23.3 Å². The number of hydrogen-bond donors (Lipinski definition) is 2. The van der Waals surface area contributed by atoms with E-state index in [9.17, 15) is 19.8 Å². The maximum Gasteiger partial charge on any atom is 0.295 e. The molecule has 9 nitrogen and oxygen atoms in total. The fourth-order valence-electron chi connectivity index (χ4n) is 3.72. The summed E-state index contributed by atoms with van der Waals surface area (Å²) in [7, 11) is 1.46. The van der Waals surface area contributed by atoms with Crippen LogP contribution in [0.15, 0.2) is 77.0 Å². The summed E-state index contributed by atoms with van der Waals surface area (Å²) in [5, 5.41) is 29.0. The largest absolute Gasteiger partial charge is 0.494 e. The predicted molar refractivity (Wildman–Crippen MR) is 133 cm³/mol. The van der Waals surface area contributed by atoms with Crippen LogP contribution in [0.1, 0.15) is 40.1 Å². The number of carbonyl (C=O) groups excluding carboxylic acids is 2. The molecule has 0 saturated heterocycles. The first-order chi connectivity index (χ1) is 17.3. The van der Waals surface area contributed by atoms with Gasteiger partial charge in [0.25, 0.3) is 11.8 Å². The Kier molecular flexibility index (Phi) is 7.00. The van der Waals surface area contributed by atoms with Gasteiger partial charge in [-0.15, -0.1) is 10.2 Å². The Hall–Kier alpha value is -4.66. The summed E-state index contributed by atoms with van der Waals surface area (Å²) in [6.07, 6.45) is -0.0771. The Labute approximate surface area is 207 Å². The van der Waals surface area contributed by atoms with E-state index in [0.29, 0.717) is 16.9 Å². The van der Waals surface area contributed by atoms with Gasteiger partial charge in [0.1, 0.15) is 0 Å². The SMILES string of the molecule is COc1cc(C(=O)N=NC(=O)c2ccc3c(O)n(Cc4ccccc4)c(O)c3c2)ccc1OC(C)C. The van der Waals surface area contributed by atoms with E-state index in [4.69, 9.17) is 9.47 Å². The summed E-state index contributed by atoms with van der Waals surface area (Å²) in [5.41, 5.74) is 1.16. The molecule has 4 aromatic rings. The topological polar surface area (TPSA) is 123 Å². The summed E-state index contributed by atoms with van der Waals surface area (Å²) in [4.78, 5) is 25.1. The quantitative estimate of drug-likeness (QED) is 0.340. The van der Waals surface area contributed by atoms with E-state index in [0.717, 1.165) is 5.56 Å². The monoisotopic (exact) mass is 487 g/mol. The Balaban J connectivity index is 1.55. The molecule has 0 spiro atoms. The number of nitrogens with zero attached hydrogens (tertiary/aromatic N) is 3. The van der Waals surface area contributed by atoms with Crippen molar-refractivity contribution in [3.8, 4) is 23.3 Å². The standard InChI is InChI=1S/C27H25N3O6/c1-16(2)36-22-12-10-19(14-23(22)35-3)25(32)29-28-24(31)18-9-11-20-21(13-18)27(34)30(26(20)33)15-17-7-5-4-6-8-17/h4-14,16,33-34H,15H2,1-3H3. The molecular formula is C27H25N3O6. The molecule has 0 bridgehead atoms. The van der Waals surface area contributed by atoms with Crippen LogP contribution in [0.4, 0.5) is 0 Å². The molecule has 36 heavy (non-hydrogen) atoms. The Morgan fingerprint density at radius 2 is 1.44 bits per heavy atom. The highest BCUT2D eigenvalue weighted by molar-refractivity contribution is 6.03. The van der Waals surface area contributed by atoms with Gasteiger partial charge in [0, 0.05) is 21.9 Å². The number of aromatic nitrogens is 1. The lowest BCUT2D eigenvalue weighted by molar-refractivity contribution is 0.0946. The van der Waals surface area contributed by atoms with E-state index < -0.39 is 11.8 Å². The fourth-order valence-corrected chi connectivity index (χ4v) is 3.72. The molecule has 0 saturated carbocycles. The lowest BCUT2D eigenvalue weighted by Crippen LogP contribution is -2.07. The molecule has 0 aliphatic carbocycles. The molecule has 2 N–H and O–H groups in total. The zero-order valence-electron chi connectivity index (χ0n) is 20.0. The number of methoxy groups -OCH3 is 1. The van der Waals surface area contributed by atoms with Gasteiger partial charge in [-0.1, -0.05) is 30.3 Å². The molecule has 1 heterocycles. The number of ether oxygens (including phenoxy) is 2. The van der Waals surface area contributed by atoms with Crippen LogP contribution in [0.25, 0.3) is 10.8 Å². The number of fused-ring (bicyclic) bond motifs is 1. The molecule has 184 valence electrons. The van der Waals surface area contributed by atoms with Crippen molar-refractivity contribution in [3.63, 3.8) is 0 Å². The molecule has 0 unspecified atom stereocenters. The van der Waals surface area contributed by atoms with Gasteiger partial charge in [0.15, 0.2) is 11.5 Å². The molecule has 0 aliphatic rings. The highest BCUT2D eigenvalue weighted by Crippen LogP contribution is 2.37. The van der Waals surface area contributed by atoms with Gasteiger partial charge in [-0.2, -0.15) is 0 Å². The molecule has 3 aromatic carbocycles. The van der Waals surface area contributed by atoms with Gasteiger partial charge < -0.3 is 19.7 Å². The number of amides is 2. The summed E-state index contributed by atoms with van der Waals surface area (Å²) < 4.78 is 12.2. The first-order valence-corrected chi connectivity index (χ1v) is 11.2. The average Bonchev–Trinajstić information content (AvgIpc) is 3.11. The second kappa shape index (κ2) is 10.3. The van der Waals surface area contributed by atoms with Crippen molar-refractivity contribution in [1.82, 2.24) is 4.57 Å². The van der Waals surface area contributed by atoms with Crippen molar-refractivity contribution in [1.29, 1.82) is 0 Å². The van der Waals surface area contributed by atoms with Crippen LogP contribution >= 0.6 is 0 Å². The number of hydrogen-bond acceptors (Lipinski definition) is 6. The number of benzene rings is 3. The van der Waals surface area contributed by atoms with E-state index in [2.05, 4.69) is 10.2 Å². The molecule has 1 aromatic heterocycles. The normalized spacial score (nSPS) is 11.3. The van der Waals surface area contributed by atoms with Gasteiger partial charge in [0.2, 0.25) is 11.8 Å². The lowest BCUT2D eigenvalue weighted by atomic mass is 10.1. The molecule has 0 radical (unpaired) electrons. The van der Waals surface area contributed by atoms with Crippen molar-refractivity contribution in [2.24, 2.45) is 10.2 Å². The maximum absolute atomic E-state index is 12.6. The zero-order chi connectivity index (χ0) is 25.8. The number of rotatable bonds is 7. The average molecular weight is 488 g/mol. The molecule has 2 amide bonds. The van der Waals surface area contributed by atoms with E-state index >= 15 is 0 Å². The highest BCUT2D eigenvalue weighted by Gasteiger charge is 2.19. The minimum absolute atomic E-state index is 0.0771. The zero-order valence-corrected chi connectivity index (χ0v) is 20.0. The molecule has 0 fully saturated rings. The number of carbonyl (C=O) groups is 2. The van der Waals surface area contributed by atoms with Gasteiger partial charge in [0.05, 0.1) is 19.8 Å². The van der Waals surface area contributed by atoms with Crippen LogP contribution in [0.2, 0.25) is 0 Å². The Morgan fingerprint density at radius 1 is 0.833 bits per heavy atom. The second-order valence-electron chi connectivity index (χ2n) is 8.32. The third kappa shape index (κ3) is 5.05. The predicted octanol–water partition coefficient (Wildman–Crippen LogP) is 5.33. The van der Waals surface area contributed by atoms with Crippen LogP contribution in [0.3, 0.4) is 0 Å². The van der Waals surface area contributed by atoms with Crippen LogP contribution in [0, 0.1) is 0 Å². The molecule has 4 rings (SSSR count). The summed E-state index contributed by atoms with van der Waals surface area (Å²) in [6.45, 7) is 3.99. The van der Waals surface area contributed by atoms with Crippen molar-refractivity contribution >= 4 is 22.6 Å². The van der Waals surface area contributed by atoms with Gasteiger partial charge in [-0.05, 0) is 55.8 Å². The van der Waals surface area contributed by atoms with E-state index in [1.807, 2.05) is 44.2 Å². The fraction of sp³-hybridized carbons (Fsp3) is 0.185. The summed E-state index contributed by atoms with van der Waals surface area (Å²) >= 11 is 0. The van der Waals surface area contributed by atoms with E-state index in [1.165, 1.54) is 42.0 Å². The molecule has 9 heteroatoms. The van der Waals surface area contributed by atoms with Crippen molar-refractivity contribution in [2.75, 3.05) is 7.11 Å². The third-order valence-corrected chi connectivity index (χ3v) is 5.45. The molecule has 0 atom stereocenters. The Bertz CT molecular complexity index is 1460. The smallest absolute Gasteiger partial charge is 0.295 e. The Morgan fingerprint density at radius 3 is 2.08 bits per heavy atom. The second-order valence-corrected chi connectivity index (χ2v) is 8.32. The van der Waals surface area contributed by atoms with Crippen LogP contribution < -0.4 is 9.47 Å².